The maximum atomic E-state index is 5.34. The zero-order chi connectivity index (χ0) is 10.6. The molecule has 0 heterocycles. The minimum absolute atomic E-state index is 0.687. The molecule has 0 amide bonds. The summed E-state index contributed by atoms with van der Waals surface area (Å²) in [5.41, 5.74) is 0. The molecule has 0 atom stereocenters. The van der Waals surface area contributed by atoms with Gasteiger partial charge in [0.05, 0.1) is 19.8 Å². The summed E-state index contributed by atoms with van der Waals surface area (Å²) in [4.78, 5) is 0. The molecule has 0 aromatic carbocycles. The highest BCUT2D eigenvalue weighted by Crippen LogP contribution is 2.04. The van der Waals surface area contributed by atoms with Crippen molar-refractivity contribution in [1.29, 1.82) is 0 Å². The zero-order valence-corrected chi connectivity index (χ0v) is 9.84. The zero-order valence-electron chi connectivity index (χ0n) is 9.84. The van der Waals surface area contributed by atoms with Gasteiger partial charge in [-0.25, -0.2) is 0 Å². The van der Waals surface area contributed by atoms with Crippen molar-refractivity contribution in [2.75, 3.05) is 40.0 Å². The Morgan fingerprint density at radius 1 is 1.07 bits per heavy atom. The summed E-state index contributed by atoms with van der Waals surface area (Å²) in [6.07, 6.45) is 2.52. The van der Waals surface area contributed by atoms with E-state index in [1.807, 2.05) is 0 Å². The minimum Gasteiger partial charge on any atom is -0.382 e. The molecule has 86 valence electrons. The smallest absolute Gasteiger partial charge is 0.0700 e. The minimum atomic E-state index is 0.687. The number of hydrogen-bond donors (Lipinski definition) is 1. The first-order valence-corrected chi connectivity index (χ1v) is 5.62. The quantitative estimate of drug-likeness (QED) is 0.548. The van der Waals surface area contributed by atoms with Gasteiger partial charge in [0.15, 0.2) is 0 Å². The lowest BCUT2D eigenvalue weighted by Gasteiger charge is -2.13. The molecular formula is C11H25NO2. The highest BCUT2D eigenvalue weighted by Gasteiger charge is 2.01. The second-order valence-electron chi connectivity index (χ2n) is 3.49. The molecule has 0 fully saturated rings. The molecule has 0 saturated carbocycles. The lowest BCUT2D eigenvalue weighted by atomic mass is 10.0. The van der Waals surface area contributed by atoms with Crippen molar-refractivity contribution >= 4 is 0 Å². The Kier molecular flexibility index (Phi) is 10.9. The van der Waals surface area contributed by atoms with Gasteiger partial charge in [0, 0.05) is 13.7 Å². The van der Waals surface area contributed by atoms with Crippen LogP contribution < -0.4 is 5.32 Å². The van der Waals surface area contributed by atoms with E-state index in [0.29, 0.717) is 13.2 Å². The van der Waals surface area contributed by atoms with Crippen molar-refractivity contribution in [2.45, 2.75) is 26.7 Å². The molecule has 0 aromatic heterocycles. The van der Waals surface area contributed by atoms with Gasteiger partial charge < -0.3 is 14.8 Å². The predicted molar refractivity (Wildman–Crippen MR) is 59.6 cm³/mol. The molecule has 3 nitrogen and oxygen atoms in total. The third-order valence-electron chi connectivity index (χ3n) is 2.44. The lowest BCUT2D eigenvalue weighted by Crippen LogP contribution is -2.26. The van der Waals surface area contributed by atoms with Crippen LogP contribution in [0.15, 0.2) is 0 Å². The Labute approximate surface area is 88.2 Å². The topological polar surface area (TPSA) is 30.5 Å². The van der Waals surface area contributed by atoms with E-state index < -0.39 is 0 Å². The van der Waals surface area contributed by atoms with Gasteiger partial charge in [-0.15, -0.1) is 0 Å². The van der Waals surface area contributed by atoms with Crippen molar-refractivity contribution in [3.05, 3.63) is 0 Å². The molecule has 0 aromatic rings. The molecule has 0 radical (unpaired) electrons. The summed E-state index contributed by atoms with van der Waals surface area (Å²) >= 11 is 0. The Bertz CT molecular complexity index is 105. The van der Waals surface area contributed by atoms with E-state index in [1.165, 1.54) is 12.8 Å². The van der Waals surface area contributed by atoms with Crippen LogP contribution in [0, 0.1) is 5.92 Å². The Hall–Kier alpha value is -0.120. The first kappa shape index (κ1) is 13.9. The fraction of sp³-hybridized carbons (Fsp3) is 1.00. The molecular weight excluding hydrogens is 178 g/mol. The number of ether oxygens (including phenoxy) is 2. The third-order valence-corrected chi connectivity index (χ3v) is 2.44. The monoisotopic (exact) mass is 203 g/mol. The highest BCUT2D eigenvalue weighted by molar-refractivity contribution is 4.57. The maximum absolute atomic E-state index is 5.34. The third kappa shape index (κ3) is 8.48. The maximum Gasteiger partial charge on any atom is 0.0700 e. The molecule has 0 aliphatic carbocycles. The van der Waals surface area contributed by atoms with E-state index in [4.69, 9.17) is 9.47 Å². The van der Waals surface area contributed by atoms with Crippen LogP contribution in [-0.2, 0) is 9.47 Å². The van der Waals surface area contributed by atoms with Crippen LogP contribution >= 0.6 is 0 Å². The standard InChI is InChI=1S/C11H25NO2/c1-4-11(5-2)10-12-6-7-14-9-8-13-3/h11-12H,4-10H2,1-3H3. The van der Waals surface area contributed by atoms with Crippen LogP contribution in [0.1, 0.15) is 26.7 Å². The van der Waals surface area contributed by atoms with Crippen molar-refractivity contribution in [3.8, 4) is 0 Å². The molecule has 0 saturated heterocycles. The van der Waals surface area contributed by atoms with Gasteiger partial charge in [-0.3, -0.25) is 0 Å². The fourth-order valence-corrected chi connectivity index (χ4v) is 1.27. The van der Waals surface area contributed by atoms with Crippen LogP contribution in [0.25, 0.3) is 0 Å². The van der Waals surface area contributed by atoms with E-state index >= 15 is 0 Å². The van der Waals surface area contributed by atoms with Crippen LogP contribution in [0.3, 0.4) is 0 Å². The first-order chi connectivity index (χ1) is 6.85. The second kappa shape index (κ2) is 11.0. The summed E-state index contributed by atoms with van der Waals surface area (Å²) < 4.78 is 10.2. The molecule has 0 aliphatic rings. The van der Waals surface area contributed by atoms with Crippen LogP contribution in [-0.4, -0.2) is 40.0 Å². The van der Waals surface area contributed by atoms with Crippen molar-refractivity contribution in [1.82, 2.24) is 5.32 Å². The molecule has 3 heteroatoms. The van der Waals surface area contributed by atoms with Crippen molar-refractivity contribution in [2.24, 2.45) is 5.92 Å². The van der Waals surface area contributed by atoms with Gasteiger partial charge in [0.2, 0.25) is 0 Å². The lowest BCUT2D eigenvalue weighted by molar-refractivity contribution is 0.0716. The summed E-state index contributed by atoms with van der Waals surface area (Å²) in [6, 6.07) is 0. The van der Waals surface area contributed by atoms with Crippen LogP contribution in [0.2, 0.25) is 0 Å². The number of rotatable bonds is 10. The molecule has 0 bridgehead atoms. The molecule has 14 heavy (non-hydrogen) atoms. The Morgan fingerprint density at radius 3 is 2.36 bits per heavy atom. The fourth-order valence-electron chi connectivity index (χ4n) is 1.27. The van der Waals surface area contributed by atoms with Crippen LogP contribution in [0.5, 0.6) is 0 Å². The van der Waals surface area contributed by atoms with E-state index in [1.54, 1.807) is 7.11 Å². The summed E-state index contributed by atoms with van der Waals surface area (Å²) in [7, 11) is 1.69. The molecule has 0 rings (SSSR count). The Balaban J connectivity index is 3.04. The molecule has 0 unspecified atom stereocenters. The predicted octanol–water partition coefficient (Wildman–Crippen LogP) is 1.68. The van der Waals surface area contributed by atoms with E-state index in [2.05, 4.69) is 19.2 Å². The first-order valence-electron chi connectivity index (χ1n) is 5.62. The average Bonchev–Trinajstić information content (AvgIpc) is 2.22. The van der Waals surface area contributed by atoms with Gasteiger partial charge >= 0.3 is 0 Å². The molecule has 0 aliphatic heterocycles. The second-order valence-corrected chi connectivity index (χ2v) is 3.49. The summed E-state index contributed by atoms with van der Waals surface area (Å²) in [5, 5.41) is 3.40. The van der Waals surface area contributed by atoms with E-state index in [9.17, 15) is 0 Å². The Morgan fingerprint density at radius 2 is 1.79 bits per heavy atom. The SMILES string of the molecule is CCC(CC)CNCCOCCOC. The van der Waals surface area contributed by atoms with Crippen molar-refractivity contribution in [3.63, 3.8) is 0 Å². The summed E-state index contributed by atoms with van der Waals surface area (Å²) in [5.74, 6) is 0.814. The average molecular weight is 203 g/mol. The molecule has 0 spiro atoms. The number of hydrogen-bond acceptors (Lipinski definition) is 3. The van der Waals surface area contributed by atoms with E-state index in [-0.39, 0.29) is 0 Å². The normalized spacial score (nSPS) is 11.1. The molecule has 1 N–H and O–H groups in total. The number of nitrogens with one attached hydrogen (secondary N) is 1. The van der Waals surface area contributed by atoms with Gasteiger partial charge in [-0.1, -0.05) is 26.7 Å². The van der Waals surface area contributed by atoms with E-state index in [0.717, 1.165) is 25.6 Å². The van der Waals surface area contributed by atoms with Gasteiger partial charge in [-0.2, -0.15) is 0 Å². The number of methoxy groups -OCH3 is 1. The van der Waals surface area contributed by atoms with Gasteiger partial charge in [0.25, 0.3) is 0 Å². The van der Waals surface area contributed by atoms with Crippen molar-refractivity contribution < 1.29 is 9.47 Å². The van der Waals surface area contributed by atoms with Gasteiger partial charge in [0.1, 0.15) is 0 Å². The highest BCUT2D eigenvalue weighted by atomic mass is 16.5. The van der Waals surface area contributed by atoms with Crippen LogP contribution in [0.4, 0.5) is 0 Å². The summed E-state index contributed by atoms with van der Waals surface area (Å²) in [6.45, 7) is 8.70. The largest absolute Gasteiger partial charge is 0.382 e. The van der Waals surface area contributed by atoms with Gasteiger partial charge in [-0.05, 0) is 12.5 Å².